The molecule has 0 N–H and O–H groups in total. The lowest BCUT2D eigenvalue weighted by atomic mass is 9.96. The van der Waals surface area contributed by atoms with E-state index in [9.17, 15) is 4.79 Å². The number of carbonyl (C=O) groups is 1. The SMILES string of the molecule is COc1ccc(/C=C2\N=C(SCc3nc(C(C)(C)C)no3)N(c3cccc(OC)c3)C2=O)cc1. The number of anilines is 1. The molecule has 1 amide bonds. The van der Waals surface area contributed by atoms with Crippen LogP contribution in [0.3, 0.4) is 0 Å². The fourth-order valence-electron chi connectivity index (χ4n) is 3.17. The Morgan fingerprint density at radius 1 is 1.06 bits per heavy atom. The largest absolute Gasteiger partial charge is 0.497 e. The molecule has 34 heavy (non-hydrogen) atoms. The topological polar surface area (TPSA) is 90.1 Å². The van der Waals surface area contributed by atoms with Crippen LogP contribution in [0.4, 0.5) is 5.69 Å². The van der Waals surface area contributed by atoms with E-state index in [1.54, 1.807) is 31.3 Å². The summed E-state index contributed by atoms with van der Waals surface area (Å²) in [5.74, 6) is 2.65. The second kappa shape index (κ2) is 9.72. The molecule has 1 aliphatic heterocycles. The normalized spacial score (nSPS) is 15.1. The second-order valence-corrected chi connectivity index (χ2v) is 9.53. The van der Waals surface area contributed by atoms with Crippen molar-refractivity contribution in [1.29, 1.82) is 0 Å². The van der Waals surface area contributed by atoms with Gasteiger partial charge in [0.2, 0.25) is 5.89 Å². The Bertz CT molecular complexity index is 1240. The van der Waals surface area contributed by atoms with Crippen LogP contribution in [-0.2, 0) is 16.0 Å². The lowest BCUT2D eigenvalue weighted by molar-refractivity contribution is -0.113. The van der Waals surface area contributed by atoms with Crippen LogP contribution in [0.25, 0.3) is 6.08 Å². The monoisotopic (exact) mass is 478 g/mol. The van der Waals surface area contributed by atoms with Crippen LogP contribution < -0.4 is 14.4 Å². The highest BCUT2D eigenvalue weighted by Crippen LogP contribution is 2.32. The maximum Gasteiger partial charge on any atom is 0.283 e. The molecule has 2 heterocycles. The van der Waals surface area contributed by atoms with Gasteiger partial charge < -0.3 is 14.0 Å². The van der Waals surface area contributed by atoms with E-state index < -0.39 is 0 Å². The molecule has 0 radical (unpaired) electrons. The molecule has 9 heteroatoms. The van der Waals surface area contributed by atoms with Crippen LogP contribution in [-0.4, -0.2) is 35.4 Å². The summed E-state index contributed by atoms with van der Waals surface area (Å²) in [6, 6.07) is 14.7. The Labute approximate surface area is 202 Å². The van der Waals surface area contributed by atoms with Crippen molar-refractivity contribution in [2.24, 2.45) is 4.99 Å². The smallest absolute Gasteiger partial charge is 0.283 e. The van der Waals surface area contributed by atoms with Gasteiger partial charge >= 0.3 is 0 Å². The van der Waals surface area contributed by atoms with Crippen molar-refractivity contribution < 1.29 is 18.8 Å². The molecule has 4 rings (SSSR count). The summed E-state index contributed by atoms with van der Waals surface area (Å²) in [5.41, 5.74) is 1.62. The summed E-state index contributed by atoms with van der Waals surface area (Å²) in [5, 5.41) is 4.60. The average molecular weight is 479 g/mol. The molecule has 3 aromatic rings. The van der Waals surface area contributed by atoms with Crippen molar-refractivity contribution in [3.63, 3.8) is 0 Å². The van der Waals surface area contributed by atoms with Gasteiger partial charge in [0.05, 0.1) is 25.7 Å². The third-order valence-corrected chi connectivity index (χ3v) is 5.95. The third kappa shape index (κ3) is 5.14. The van der Waals surface area contributed by atoms with Crippen molar-refractivity contribution in [1.82, 2.24) is 10.1 Å². The molecule has 1 aliphatic rings. The highest BCUT2D eigenvalue weighted by Gasteiger charge is 2.33. The first-order chi connectivity index (χ1) is 16.3. The van der Waals surface area contributed by atoms with E-state index in [1.165, 1.54) is 11.8 Å². The molecule has 8 nitrogen and oxygen atoms in total. The van der Waals surface area contributed by atoms with E-state index in [0.717, 1.165) is 11.3 Å². The van der Waals surface area contributed by atoms with Crippen molar-refractivity contribution >= 4 is 34.6 Å². The number of rotatable bonds is 6. The molecule has 0 saturated carbocycles. The number of hydrogen-bond acceptors (Lipinski definition) is 8. The molecule has 0 fully saturated rings. The molecule has 1 aromatic heterocycles. The second-order valence-electron chi connectivity index (χ2n) is 8.59. The fourth-order valence-corrected chi connectivity index (χ4v) is 4.02. The molecular formula is C25H26N4O4S. The van der Waals surface area contributed by atoms with E-state index in [0.29, 0.717) is 39.8 Å². The minimum absolute atomic E-state index is 0.214. The van der Waals surface area contributed by atoms with Crippen LogP contribution in [0.1, 0.15) is 38.0 Å². The van der Waals surface area contributed by atoms with Gasteiger partial charge in [0.1, 0.15) is 17.2 Å². The minimum Gasteiger partial charge on any atom is -0.497 e. The van der Waals surface area contributed by atoms with E-state index in [4.69, 9.17) is 14.0 Å². The van der Waals surface area contributed by atoms with E-state index >= 15 is 0 Å². The highest BCUT2D eigenvalue weighted by atomic mass is 32.2. The van der Waals surface area contributed by atoms with Gasteiger partial charge in [-0.1, -0.05) is 55.9 Å². The maximum absolute atomic E-state index is 13.4. The molecule has 0 bridgehead atoms. The Morgan fingerprint density at radius 2 is 1.79 bits per heavy atom. The van der Waals surface area contributed by atoms with Crippen LogP contribution >= 0.6 is 11.8 Å². The molecule has 2 aromatic carbocycles. The first-order valence-corrected chi connectivity index (χ1v) is 11.7. The summed E-state index contributed by atoms with van der Waals surface area (Å²) in [7, 11) is 3.20. The summed E-state index contributed by atoms with van der Waals surface area (Å²) in [6.45, 7) is 6.07. The number of methoxy groups -OCH3 is 2. The lowest BCUT2D eigenvalue weighted by Gasteiger charge is -2.18. The van der Waals surface area contributed by atoms with E-state index in [-0.39, 0.29) is 11.3 Å². The van der Waals surface area contributed by atoms with Crippen LogP contribution in [0.15, 0.2) is 63.7 Å². The average Bonchev–Trinajstić information content (AvgIpc) is 3.43. The number of nitrogens with zero attached hydrogens (tertiary/aromatic N) is 4. The quantitative estimate of drug-likeness (QED) is 0.457. The Kier molecular flexibility index (Phi) is 6.74. The van der Waals surface area contributed by atoms with Gasteiger partial charge in [0.15, 0.2) is 11.0 Å². The minimum atomic E-state index is -0.229. The number of carbonyl (C=O) groups excluding carboxylic acids is 1. The zero-order valence-electron chi connectivity index (χ0n) is 19.7. The van der Waals surface area contributed by atoms with Gasteiger partial charge in [-0.15, -0.1) is 0 Å². The fraction of sp³-hybridized carbons (Fsp3) is 0.280. The summed E-state index contributed by atoms with van der Waals surface area (Å²) in [6.07, 6.45) is 1.76. The Morgan fingerprint density at radius 3 is 2.44 bits per heavy atom. The van der Waals surface area contributed by atoms with Gasteiger partial charge in [0, 0.05) is 11.5 Å². The number of hydrogen-bond donors (Lipinski definition) is 0. The van der Waals surface area contributed by atoms with Crippen molar-refractivity contribution in [2.75, 3.05) is 19.1 Å². The van der Waals surface area contributed by atoms with Crippen LogP contribution in [0, 0.1) is 0 Å². The van der Waals surface area contributed by atoms with Gasteiger partial charge in [-0.3, -0.25) is 9.69 Å². The first-order valence-electron chi connectivity index (χ1n) is 10.7. The van der Waals surface area contributed by atoms with E-state index in [1.807, 2.05) is 63.2 Å². The third-order valence-electron chi connectivity index (χ3n) is 5.02. The molecule has 0 spiro atoms. The zero-order chi connectivity index (χ0) is 24.3. The molecule has 176 valence electrons. The number of thioether (sulfide) groups is 1. The van der Waals surface area contributed by atoms with Crippen molar-refractivity contribution in [3.05, 3.63) is 71.5 Å². The number of aliphatic imine (C=N–C) groups is 1. The van der Waals surface area contributed by atoms with Crippen LogP contribution in [0.5, 0.6) is 11.5 Å². The molecule has 0 aliphatic carbocycles. The number of benzene rings is 2. The van der Waals surface area contributed by atoms with Crippen molar-refractivity contribution in [2.45, 2.75) is 31.9 Å². The molecule has 0 atom stereocenters. The Hall–Kier alpha value is -3.59. The Balaban J connectivity index is 1.64. The summed E-state index contributed by atoms with van der Waals surface area (Å²) >= 11 is 1.36. The number of ether oxygens (including phenoxy) is 2. The van der Waals surface area contributed by atoms with Gasteiger partial charge in [0.25, 0.3) is 5.91 Å². The maximum atomic E-state index is 13.4. The van der Waals surface area contributed by atoms with Gasteiger partial charge in [-0.05, 0) is 35.9 Å². The van der Waals surface area contributed by atoms with E-state index in [2.05, 4.69) is 15.1 Å². The number of amidine groups is 1. The first kappa shape index (κ1) is 23.6. The predicted octanol–water partition coefficient (Wildman–Crippen LogP) is 5.06. The summed E-state index contributed by atoms with van der Waals surface area (Å²) < 4.78 is 16.0. The van der Waals surface area contributed by atoms with Crippen molar-refractivity contribution in [3.8, 4) is 11.5 Å². The molecule has 0 unspecified atom stereocenters. The molecular weight excluding hydrogens is 452 g/mol. The number of amides is 1. The number of aromatic nitrogens is 2. The standard InChI is InChI=1S/C25H26N4O4S/c1-25(2,3)23-27-21(33-28-23)15-34-24-26-20(13-16-9-11-18(31-4)12-10-16)22(30)29(24)17-7-6-8-19(14-17)32-5/h6-14H,15H2,1-5H3/b20-13-. The van der Waals surface area contributed by atoms with Gasteiger partial charge in [-0.25, -0.2) is 4.99 Å². The highest BCUT2D eigenvalue weighted by molar-refractivity contribution is 8.13. The molecule has 0 saturated heterocycles. The van der Waals surface area contributed by atoms with Gasteiger partial charge in [-0.2, -0.15) is 4.98 Å². The lowest BCUT2D eigenvalue weighted by Crippen LogP contribution is -2.30. The predicted molar refractivity (Wildman–Crippen MR) is 133 cm³/mol. The summed E-state index contributed by atoms with van der Waals surface area (Å²) in [4.78, 5) is 24.1. The zero-order valence-corrected chi connectivity index (χ0v) is 20.5. The van der Waals surface area contributed by atoms with Crippen LogP contribution in [0.2, 0.25) is 0 Å².